The van der Waals surface area contributed by atoms with Gasteiger partial charge in [-0.1, -0.05) is 6.42 Å². The highest BCUT2D eigenvalue weighted by Crippen LogP contribution is 2.39. The summed E-state index contributed by atoms with van der Waals surface area (Å²) >= 11 is 0. The fraction of sp³-hybridized carbons (Fsp3) is 0.464. The molecule has 2 aliphatic rings. The summed E-state index contributed by atoms with van der Waals surface area (Å²) in [6, 6.07) is 12.7. The first-order valence-corrected chi connectivity index (χ1v) is 12.5. The molecule has 0 aromatic heterocycles. The van der Waals surface area contributed by atoms with Gasteiger partial charge >= 0.3 is 0 Å². The zero-order valence-corrected chi connectivity index (χ0v) is 21.9. The van der Waals surface area contributed by atoms with E-state index in [-0.39, 0.29) is 24.3 Å². The van der Waals surface area contributed by atoms with Crippen LogP contribution in [0.5, 0.6) is 17.2 Å². The topological polar surface area (TPSA) is 89.9 Å². The van der Waals surface area contributed by atoms with Gasteiger partial charge in [-0.15, -0.1) is 0 Å². The Bertz CT molecular complexity index is 1130. The highest BCUT2D eigenvalue weighted by molar-refractivity contribution is 6.03. The Morgan fingerprint density at radius 2 is 1.68 bits per heavy atom. The molecule has 198 valence electrons. The van der Waals surface area contributed by atoms with Crippen molar-refractivity contribution in [2.24, 2.45) is 11.0 Å². The molecule has 4 rings (SSSR count). The quantitative estimate of drug-likeness (QED) is 0.459. The van der Waals surface area contributed by atoms with Crippen LogP contribution in [0.15, 0.2) is 47.6 Å². The van der Waals surface area contributed by atoms with Crippen LogP contribution in [0.25, 0.3) is 0 Å². The van der Waals surface area contributed by atoms with Gasteiger partial charge in [-0.2, -0.15) is 5.10 Å². The largest absolute Gasteiger partial charge is 0.497 e. The number of nitrogens with zero attached hydrogens (tertiary/aromatic N) is 3. The van der Waals surface area contributed by atoms with Gasteiger partial charge in [0.2, 0.25) is 5.91 Å². The second-order valence-electron chi connectivity index (χ2n) is 9.22. The van der Waals surface area contributed by atoms with Gasteiger partial charge in [0.15, 0.2) is 0 Å². The lowest BCUT2D eigenvalue weighted by atomic mass is 9.84. The average Bonchev–Trinajstić information content (AvgIpc) is 3.35. The van der Waals surface area contributed by atoms with Crippen molar-refractivity contribution in [3.63, 3.8) is 0 Å². The molecular formula is C28H35N3O6. The SMILES string of the molecule is COCCN(CC(=O)N1N=C(c2ccc(OC)cc2)C[C@@H]1c1cc(OC)ccc1OC)C(=O)C1CCC1. The van der Waals surface area contributed by atoms with Gasteiger partial charge in [0, 0.05) is 31.6 Å². The number of benzene rings is 2. The van der Waals surface area contributed by atoms with Crippen molar-refractivity contribution in [1.29, 1.82) is 0 Å². The van der Waals surface area contributed by atoms with Gasteiger partial charge in [-0.3, -0.25) is 9.59 Å². The van der Waals surface area contributed by atoms with Crippen molar-refractivity contribution >= 4 is 17.5 Å². The Hall–Kier alpha value is -3.59. The minimum Gasteiger partial charge on any atom is -0.497 e. The third kappa shape index (κ3) is 5.88. The van der Waals surface area contributed by atoms with Gasteiger partial charge < -0.3 is 23.8 Å². The van der Waals surface area contributed by atoms with Crippen LogP contribution in [-0.2, 0) is 14.3 Å². The fourth-order valence-electron chi connectivity index (χ4n) is 4.66. The van der Waals surface area contributed by atoms with Crippen LogP contribution in [0.2, 0.25) is 0 Å². The zero-order valence-electron chi connectivity index (χ0n) is 21.9. The fourth-order valence-corrected chi connectivity index (χ4v) is 4.66. The van der Waals surface area contributed by atoms with Crippen molar-refractivity contribution < 1.29 is 28.5 Å². The van der Waals surface area contributed by atoms with Gasteiger partial charge in [0.05, 0.1) is 39.7 Å². The van der Waals surface area contributed by atoms with E-state index in [1.807, 2.05) is 42.5 Å². The first-order chi connectivity index (χ1) is 18.0. The summed E-state index contributed by atoms with van der Waals surface area (Å²) in [6.45, 7) is 0.647. The lowest BCUT2D eigenvalue weighted by Crippen LogP contribution is -2.46. The van der Waals surface area contributed by atoms with E-state index in [1.54, 1.807) is 33.3 Å². The lowest BCUT2D eigenvalue weighted by molar-refractivity contribution is -0.146. The smallest absolute Gasteiger partial charge is 0.262 e. The van der Waals surface area contributed by atoms with E-state index in [4.69, 9.17) is 24.0 Å². The predicted molar refractivity (Wildman–Crippen MR) is 139 cm³/mol. The Labute approximate surface area is 217 Å². The molecule has 1 aliphatic heterocycles. The van der Waals surface area contributed by atoms with Crippen LogP contribution in [0, 0.1) is 5.92 Å². The number of rotatable bonds is 11. The van der Waals surface area contributed by atoms with Gasteiger partial charge in [0.25, 0.3) is 5.91 Å². The van der Waals surface area contributed by atoms with Crippen LogP contribution in [0.3, 0.4) is 0 Å². The van der Waals surface area contributed by atoms with Gasteiger partial charge in [0.1, 0.15) is 23.8 Å². The molecule has 9 heteroatoms. The third-order valence-electron chi connectivity index (χ3n) is 7.04. The highest BCUT2D eigenvalue weighted by atomic mass is 16.5. The van der Waals surface area contributed by atoms with E-state index in [0.29, 0.717) is 31.1 Å². The molecule has 1 saturated carbocycles. The first-order valence-electron chi connectivity index (χ1n) is 12.5. The van der Waals surface area contributed by atoms with E-state index < -0.39 is 6.04 Å². The number of carbonyl (C=O) groups is 2. The third-order valence-corrected chi connectivity index (χ3v) is 7.04. The summed E-state index contributed by atoms with van der Waals surface area (Å²) in [7, 11) is 6.41. The molecule has 2 amide bonds. The van der Waals surface area contributed by atoms with Gasteiger partial charge in [-0.25, -0.2) is 5.01 Å². The normalized spacial score (nSPS) is 17.1. The molecule has 0 saturated heterocycles. The Morgan fingerprint density at radius 3 is 2.27 bits per heavy atom. The molecular weight excluding hydrogens is 474 g/mol. The summed E-state index contributed by atoms with van der Waals surface area (Å²) in [5.74, 6) is 1.76. The van der Waals surface area contributed by atoms with Crippen LogP contribution in [0.4, 0.5) is 0 Å². The van der Waals surface area contributed by atoms with Gasteiger partial charge in [-0.05, 0) is 60.9 Å². The van der Waals surface area contributed by atoms with Crippen molar-refractivity contribution in [3.05, 3.63) is 53.6 Å². The van der Waals surface area contributed by atoms with Crippen molar-refractivity contribution in [1.82, 2.24) is 9.91 Å². The molecule has 1 atom stereocenters. The number of carbonyl (C=O) groups excluding carboxylic acids is 2. The summed E-state index contributed by atoms with van der Waals surface area (Å²) in [6.07, 6.45) is 3.26. The highest BCUT2D eigenvalue weighted by Gasteiger charge is 2.37. The number of hydrazone groups is 1. The standard InChI is InChI=1S/C28H35N3O6/c1-34-15-14-30(28(33)20-6-5-7-20)18-27(32)31-25(23-16-22(36-3)12-13-26(23)37-4)17-24(29-31)19-8-10-21(35-2)11-9-19/h8-13,16,20,25H,5-7,14-15,17-18H2,1-4H3/t25-/m1/s1. The minimum absolute atomic E-state index is 0.00529. The van der Waals surface area contributed by atoms with Crippen LogP contribution in [-0.4, -0.2) is 75.6 Å². The summed E-state index contributed by atoms with van der Waals surface area (Å²) in [5.41, 5.74) is 2.45. The molecule has 0 spiro atoms. The Kier molecular flexibility index (Phi) is 8.66. The van der Waals surface area contributed by atoms with Crippen LogP contribution < -0.4 is 14.2 Å². The van der Waals surface area contributed by atoms with Crippen molar-refractivity contribution in [2.75, 3.05) is 48.1 Å². The van der Waals surface area contributed by atoms with Crippen molar-refractivity contribution in [3.8, 4) is 17.2 Å². The predicted octanol–water partition coefficient (Wildman–Crippen LogP) is 3.67. The molecule has 2 aromatic carbocycles. The number of methoxy groups -OCH3 is 4. The molecule has 0 unspecified atom stereocenters. The first kappa shape index (κ1) is 26.5. The van der Waals surface area contributed by atoms with E-state index in [1.165, 1.54) is 5.01 Å². The monoisotopic (exact) mass is 509 g/mol. The number of amides is 2. The Morgan fingerprint density at radius 1 is 0.973 bits per heavy atom. The van der Waals surface area contributed by atoms with E-state index in [2.05, 4.69) is 0 Å². The lowest BCUT2D eigenvalue weighted by Gasteiger charge is -2.32. The van der Waals surface area contributed by atoms with E-state index in [9.17, 15) is 9.59 Å². The molecule has 2 aromatic rings. The summed E-state index contributed by atoms with van der Waals surface area (Å²) in [4.78, 5) is 28.4. The molecule has 37 heavy (non-hydrogen) atoms. The molecule has 0 bridgehead atoms. The molecule has 0 radical (unpaired) electrons. The molecule has 1 heterocycles. The summed E-state index contributed by atoms with van der Waals surface area (Å²) in [5, 5.41) is 6.26. The molecule has 0 N–H and O–H groups in total. The number of hydrogen-bond donors (Lipinski definition) is 0. The maximum absolute atomic E-state index is 13.8. The van der Waals surface area contributed by atoms with E-state index in [0.717, 1.165) is 41.9 Å². The second kappa shape index (κ2) is 12.1. The molecule has 1 fully saturated rings. The molecule has 1 aliphatic carbocycles. The second-order valence-corrected chi connectivity index (χ2v) is 9.22. The van der Waals surface area contributed by atoms with Crippen molar-refractivity contribution in [2.45, 2.75) is 31.7 Å². The summed E-state index contributed by atoms with van der Waals surface area (Å²) < 4.78 is 21.6. The maximum atomic E-state index is 13.8. The minimum atomic E-state index is -0.419. The van der Waals surface area contributed by atoms with Crippen LogP contribution in [0.1, 0.15) is 42.9 Å². The zero-order chi connectivity index (χ0) is 26.4. The average molecular weight is 510 g/mol. The van der Waals surface area contributed by atoms with E-state index >= 15 is 0 Å². The van der Waals surface area contributed by atoms with Crippen LogP contribution >= 0.6 is 0 Å². The maximum Gasteiger partial charge on any atom is 0.262 e. The number of hydrogen-bond acceptors (Lipinski definition) is 7. The molecule has 9 nitrogen and oxygen atoms in total. The number of ether oxygens (including phenoxy) is 4. The Balaban J connectivity index is 1.66.